The van der Waals surface area contributed by atoms with Crippen LogP contribution < -0.4 is 9.64 Å². The van der Waals surface area contributed by atoms with E-state index in [4.69, 9.17) is 20.8 Å². The zero-order valence-corrected chi connectivity index (χ0v) is 13.2. The first kappa shape index (κ1) is 14.3. The standard InChI is InChI=1S/C17H16ClN3O2/c18-12-5-6-15-16(9-12)23-17(20-15)21-8-2-4-14(11-21)22-13-3-1-7-19-10-13/h1,3,5-7,9-10,14H,2,4,8,11H2. The number of hydrogen-bond donors (Lipinski definition) is 0. The molecule has 2 aromatic heterocycles. The average molecular weight is 330 g/mol. The van der Waals surface area contributed by atoms with E-state index >= 15 is 0 Å². The van der Waals surface area contributed by atoms with Crippen molar-refractivity contribution in [1.82, 2.24) is 9.97 Å². The summed E-state index contributed by atoms with van der Waals surface area (Å²) in [7, 11) is 0. The maximum Gasteiger partial charge on any atom is 0.298 e. The van der Waals surface area contributed by atoms with Crippen LogP contribution in [0, 0.1) is 0 Å². The van der Waals surface area contributed by atoms with Crippen molar-refractivity contribution in [3.05, 3.63) is 47.7 Å². The van der Waals surface area contributed by atoms with E-state index in [0.29, 0.717) is 16.6 Å². The number of anilines is 1. The lowest BCUT2D eigenvalue weighted by atomic mass is 10.1. The normalized spacial score (nSPS) is 18.3. The number of nitrogens with zero attached hydrogens (tertiary/aromatic N) is 3. The number of hydrogen-bond acceptors (Lipinski definition) is 5. The molecule has 6 heteroatoms. The molecule has 3 aromatic rings. The number of rotatable bonds is 3. The van der Waals surface area contributed by atoms with Crippen LogP contribution >= 0.6 is 11.6 Å². The van der Waals surface area contributed by atoms with Gasteiger partial charge in [-0.15, -0.1) is 0 Å². The lowest BCUT2D eigenvalue weighted by molar-refractivity contribution is 0.176. The Labute approximate surface area is 138 Å². The third-order valence-corrected chi connectivity index (χ3v) is 4.16. The number of pyridine rings is 1. The summed E-state index contributed by atoms with van der Waals surface area (Å²) < 4.78 is 11.9. The first-order valence-corrected chi connectivity index (χ1v) is 8.03. The van der Waals surface area contributed by atoms with Gasteiger partial charge in [-0.3, -0.25) is 4.98 Å². The van der Waals surface area contributed by atoms with Gasteiger partial charge in [0.2, 0.25) is 0 Å². The Bertz CT molecular complexity index is 806. The molecule has 0 bridgehead atoms. The molecule has 5 nitrogen and oxygen atoms in total. The van der Waals surface area contributed by atoms with E-state index < -0.39 is 0 Å². The maximum atomic E-state index is 6.01. The predicted octanol–water partition coefficient (Wildman–Crippen LogP) is 3.92. The first-order chi connectivity index (χ1) is 11.3. The highest BCUT2D eigenvalue weighted by Crippen LogP contribution is 2.27. The molecular formula is C17H16ClN3O2. The van der Waals surface area contributed by atoms with Gasteiger partial charge in [-0.2, -0.15) is 4.98 Å². The maximum absolute atomic E-state index is 6.01. The summed E-state index contributed by atoms with van der Waals surface area (Å²) in [6.45, 7) is 1.66. The first-order valence-electron chi connectivity index (χ1n) is 7.66. The minimum Gasteiger partial charge on any atom is -0.487 e. The van der Waals surface area contributed by atoms with E-state index in [-0.39, 0.29) is 6.10 Å². The summed E-state index contributed by atoms with van der Waals surface area (Å²) in [6.07, 6.45) is 5.62. The largest absolute Gasteiger partial charge is 0.487 e. The molecule has 118 valence electrons. The van der Waals surface area contributed by atoms with Gasteiger partial charge in [0.15, 0.2) is 5.58 Å². The summed E-state index contributed by atoms with van der Waals surface area (Å²) >= 11 is 6.00. The molecule has 23 heavy (non-hydrogen) atoms. The molecule has 1 fully saturated rings. The fourth-order valence-corrected chi connectivity index (χ4v) is 3.00. The van der Waals surface area contributed by atoms with E-state index in [9.17, 15) is 0 Å². The molecule has 1 saturated heterocycles. The van der Waals surface area contributed by atoms with Crippen LogP contribution in [0.2, 0.25) is 5.02 Å². The summed E-state index contributed by atoms with van der Waals surface area (Å²) in [5.74, 6) is 0.795. The van der Waals surface area contributed by atoms with Gasteiger partial charge in [-0.05, 0) is 37.1 Å². The predicted molar refractivity (Wildman–Crippen MR) is 89.1 cm³/mol. The second-order valence-electron chi connectivity index (χ2n) is 5.63. The zero-order chi connectivity index (χ0) is 15.6. The molecule has 1 aromatic carbocycles. The van der Waals surface area contributed by atoms with Gasteiger partial charge in [-0.25, -0.2) is 0 Å². The van der Waals surface area contributed by atoms with Gasteiger partial charge in [0.25, 0.3) is 6.01 Å². The molecule has 0 N–H and O–H groups in total. The average Bonchev–Trinajstić information content (AvgIpc) is 2.99. The molecule has 1 unspecified atom stereocenters. The van der Waals surface area contributed by atoms with Crippen LogP contribution in [-0.4, -0.2) is 29.2 Å². The number of ether oxygens (including phenoxy) is 1. The van der Waals surface area contributed by atoms with Crippen molar-refractivity contribution in [2.45, 2.75) is 18.9 Å². The molecule has 1 aliphatic heterocycles. The molecule has 1 atom stereocenters. The van der Waals surface area contributed by atoms with Gasteiger partial charge in [0.1, 0.15) is 17.4 Å². The minimum atomic E-state index is 0.103. The monoisotopic (exact) mass is 329 g/mol. The Balaban J connectivity index is 1.51. The van der Waals surface area contributed by atoms with Crippen molar-refractivity contribution in [1.29, 1.82) is 0 Å². The molecule has 0 spiro atoms. The van der Waals surface area contributed by atoms with E-state index in [1.165, 1.54) is 0 Å². The third-order valence-electron chi connectivity index (χ3n) is 3.93. The van der Waals surface area contributed by atoms with Gasteiger partial charge in [0, 0.05) is 23.8 Å². The molecule has 0 aliphatic carbocycles. The van der Waals surface area contributed by atoms with Crippen LogP contribution in [0.5, 0.6) is 5.75 Å². The molecule has 1 aliphatic rings. The summed E-state index contributed by atoms with van der Waals surface area (Å²) in [4.78, 5) is 10.8. The molecule has 0 saturated carbocycles. The minimum absolute atomic E-state index is 0.103. The Morgan fingerprint density at radius 1 is 1.30 bits per heavy atom. The third kappa shape index (κ3) is 3.10. The van der Waals surface area contributed by atoms with Crippen LogP contribution in [0.1, 0.15) is 12.8 Å². The molecule has 3 heterocycles. The Hall–Kier alpha value is -2.27. The van der Waals surface area contributed by atoms with Crippen molar-refractivity contribution in [3.63, 3.8) is 0 Å². The van der Waals surface area contributed by atoms with E-state index in [2.05, 4.69) is 14.9 Å². The highest BCUT2D eigenvalue weighted by molar-refractivity contribution is 6.31. The number of piperidine rings is 1. The summed E-state index contributed by atoms with van der Waals surface area (Å²) in [6, 6.07) is 9.91. The highest BCUT2D eigenvalue weighted by Gasteiger charge is 2.24. The van der Waals surface area contributed by atoms with Crippen LogP contribution in [0.3, 0.4) is 0 Å². The fourth-order valence-electron chi connectivity index (χ4n) is 2.84. The number of fused-ring (bicyclic) bond motifs is 1. The molecule has 0 radical (unpaired) electrons. The fraction of sp³-hybridized carbons (Fsp3) is 0.294. The summed E-state index contributed by atoms with van der Waals surface area (Å²) in [5, 5.41) is 0.650. The Morgan fingerprint density at radius 2 is 2.26 bits per heavy atom. The van der Waals surface area contributed by atoms with Crippen LogP contribution in [-0.2, 0) is 0 Å². The van der Waals surface area contributed by atoms with Gasteiger partial charge in [-0.1, -0.05) is 11.6 Å². The van der Waals surface area contributed by atoms with E-state index in [1.807, 2.05) is 24.3 Å². The second-order valence-corrected chi connectivity index (χ2v) is 6.06. The lowest BCUT2D eigenvalue weighted by Crippen LogP contribution is -2.41. The van der Waals surface area contributed by atoms with Crippen LogP contribution in [0.15, 0.2) is 47.1 Å². The number of benzene rings is 1. The molecule has 4 rings (SSSR count). The molecule has 0 amide bonds. The quantitative estimate of drug-likeness (QED) is 0.729. The smallest absolute Gasteiger partial charge is 0.298 e. The van der Waals surface area contributed by atoms with E-state index in [0.717, 1.165) is 37.2 Å². The van der Waals surface area contributed by atoms with Crippen molar-refractivity contribution in [2.24, 2.45) is 0 Å². The Morgan fingerprint density at radius 3 is 3.13 bits per heavy atom. The van der Waals surface area contributed by atoms with Crippen molar-refractivity contribution < 1.29 is 9.15 Å². The van der Waals surface area contributed by atoms with Gasteiger partial charge < -0.3 is 14.1 Å². The van der Waals surface area contributed by atoms with Crippen molar-refractivity contribution >= 4 is 28.7 Å². The van der Waals surface area contributed by atoms with Crippen LogP contribution in [0.4, 0.5) is 6.01 Å². The second kappa shape index (κ2) is 6.08. The van der Waals surface area contributed by atoms with Crippen molar-refractivity contribution in [3.8, 4) is 5.75 Å². The SMILES string of the molecule is Clc1ccc2nc(N3CCCC(Oc4cccnc4)C3)oc2c1. The summed E-state index contributed by atoms with van der Waals surface area (Å²) in [5.41, 5.74) is 1.53. The Kier molecular flexibility index (Phi) is 3.79. The molecular weight excluding hydrogens is 314 g/mol. The number of oxazole rings is 1. The van der Waals surface area contributed by atoms with Crippen molar-refractivity contribution in [2.75, 3.05) is 18.0 Å². The highest BCUT2D eigenvalue weighted by atomic mass is 35.5. The van der Waals surface area contributed by atoms with Gasteiger partial charge in [0.05, 0.1) is 12.7 Å². The van der Waals surface area contributed by atoms with E-state index in [1.54, 1.807) is 18.5 Å². The van der Waals surface area contributed by atoms with Gasteiger partial charge >= 0.3 is 0 Å². The topological polar surface area (TPSA) is 51.4 Å². The number of halogens is 1. The van der Waals surface area contributed by atoms with Crippen LogP contribution in [0.25, 0.3) is 11.1 Å². The number of aromatic nitrogens is 2. The lowest BCUT2D eigenvalue weighted by Gasteiger charge is -2.31. The zero-order valence-electron chi connectivity index (χ0n) is 12.5.